The van der Waals surface area contributed by atoms with Crippen molar-refractivity contribution in [3.05, 3.63) is 59.7 Å². The lowest BCUT2D eigenvalue weighted by Crippen LogP contribution is -2.37. The second kappa shape index (κ2) is 6.43. The van der Waals surface area contributed by atoms with Crippen molar-refractivity contribution < 1.29 is 32.2 Å². The van der Waals surface area contributed by atoms with Crippen LogP contribution in [-0.2, 0) is 22.3 Å². The maximum atomic E-state index is 12.9. The number of hydrogen-bond acceptors (Lipinski definition) is 4. The molecular weight excluding hydrogens is 325 g/mol. The SMILES string of the molecule is O=C(OCc1ccccc1C(F)(F)F)C1COc2ccccc2O1. The molecule has 2 aromatic carbocycles. The van der Waals surface area contributed by atoms with Gasteiger partial charge in [0.1, 0.15) is 13.2 Å². The largest absolute Gasteiger partial charge is 0.485 e. The van der Waals surface area contributed by atoms with Gasteiger partial charge in [0.05, 0.1) is 5.56 Å². The van der Waals surface area contributed by atoms with Gasteiger partial charge in [-0.3, -0.25) is 0 Å². The minimum absolute atomic E-state index is 0.0588. The summed E-state index contributed by atoms with van der Waals surface area (Å²) >= 11 is 0. The number of fused-ring (bicyclic) bond motifs is 1. The third-order valence-electron chi connectivity index (χ3n) is 3.46. The first kappa shape index (κ1) is 16.2. The summed E-state index contributed by atoms with van der Waals surface area (Å²) in [5.74, 6) is 0.117. The Balaban J connectivity index is 1.65. The van der Waals surface area contributed by atoms with Crippen LogP contribution in [0.1, 0.15) is 11.1 Å². The molecule has 1 atom stereocenters. The van der Waals surface area contributed by atoms with E-state index in [9.17, 15) is 18.0 Å². The Labute approximate surface area is 135 Å². The zero-order valence-corrected chi connectivity index (χ0v) is 12.4. The van der Waals surface area contributed by atoms with E-state index in [1.165, 1.54) is 18.2 Å². The van der Waals surface area contributed by atoms with E-state index in [-0.39, 0.29) is 12.2 Å². The minimum Gasteiger partial charge on any atom is -0.485 e. The van der Waals surface area contributed by atoms with Crippen LogP contribution in [-0.4, -0.2) is 18.7 Å². The Morgan fingerprint density at radius 1 is 1.08 bits per heavy atom. The van der Waals surface area contributed by atoms with Crippen LogP contribution in [0.15, 0.2) is 48.5 Å². The van der Waals surface area contributed by atoms with E-state index >= 15 is 0 Å². The van der Waals surface area contributed by atoms with E-state index in [0.717, 1.165) is 6.07 Å². The van der Waals surface area contributed by atoms with E-state index < -0.39 is 30.4 Å². The molecule has 1 aliphatic rings. The molecular formula is C17H13F3O4. The molecule has 4 nitrogen and oxygen atoms in total. The summed E-state index contributed by atoms with van der Waals surface area (Å²) in [7, 11) is 0. The molecule has 7 heteroatoms. The summed E-state index contributed by atoms with van der Waals surface area (Å²) in [6.45, 7) is -0.549. The van der Waals surface area contributed by atoms with Crippen LogP contribution in [0.5, 0.6) is 11.5 Å². The fourth-order valence-corrected chi connectivity index (χ4v) is 2.30. The zero-order valence-electron chi connectivity index (χ0n) is 12.4. The average Bonchev–Trinajstić information content (AvgIpc) is 2.58. The van der Waals surface area contributed by atoms with Gasteiger partial charge >= 0.3 is 12.1 Å². The second-order valence-corrected chi connectivity index (χ2v) is 5.13. The number of esters is 1. The maximum absolute atomic E-state index is 12.9. The van der Waals surface area contributed by atoms with Crippen LogP contribution in [0.25, 0.3) is 0 Å². The van der Waals surface area contributed by atoms with Crippen molar-refractivity contribution in [2.24, 2.45) is 0 Å². The third-order valence-corrected chi connectivity index (χ3v) is 3.46. The highest BCUT2D eigenvalue weighted by Crippen LogP contribution is 2.33. The molecule has 1 unspecified atom stereocenters. The zero-order chi connectivity index (χ0) is 17.2. The fourth-order valence-electron chi connectivity index (χ4n) is 2.30. The maximum Gasteiger partial charge on any atom is 0.416 e. The summed E-state index contributed by atoms with van der Waals surface area (Å²) in [4.78, 5) is 12.0. The van der Waals surface area contributed by atoms with Crippen molar-refractivity contribution in [3.63, 3.8) is 0 Å². The molecule has 0 aliphatic carbocycles. The highest BCUT2D eigenvalue weighted by molar-refractivity contribution is 5.76. The predicted octanol–water partition coefficient (Wildman–Crippen LogP) is 3.59. The summed E-state index contributed by atoms with van der Waals surface area (Å²) in [6.07, 6.45) is -5.52. The Kier molecular flexibility index (Phi) is 4.33. The molecule has 0 saturated carbocycles. The fraction of sp³-hybridized carbons (Fsp3) is 0.235. The lowest BCUT2D eigenvalue weighted by atomic mass is 10.1. The topological polar surface area (TPSA) is 44.8 Å². The van der Waals surface area contributed by atoms with E-state index in [1.807, 2.05) is 0 Å². The number of ether oxygens (including phenoxy) is 3. The van der Waals surface area contributed by atoms with Crippen LogP contribution in [0.3, 0.4) is 0 Å². The van der Waals surface area contributed by atoms with Crippen molar-refractivity contribution >= 4 is 5.97 Å². The van der Waals surface area contributed by atoms with Gasteiger partial charge in [0.2, 0.25) is 6.10 Å². The molecule has 0 bridgehead atoms. The number of carbonyl (C=O) groups excluding carboxylic acids is 1. The number of carbonyl (C=O) groups is 1. The number of halogens is 3. The smallest absolute Gasteiger partial charge is 0.416 e. The normalized spacial score (nSPS) is 16.5. The standard InChI is InChI=1S/C17H13F3O4/c18-17(19,20)12-6-2-1-5-11(12)9-23-16(21)15-10-22-13-7-3-4-8-14(13)24-15/h1-8,15H,9-10H2. The Bertz CT molecular complexity index is 743. The molecule has 0 saturated heterocycles. The van der Waals surface area contributed by atoms with Gasteiger partial charge in [-0.1, -0.05) is 30.3 Å². The molecule has 0 fully saturated rings. The van der Waals surface area contributed by atoms with Gasteiger partial charge in [-0.25, -0.2) is 4.79 Å². The molecule has 0 aromatic heterocycles. The molecule has 0 spiro atoms. The third kappa shape index (κ3) is 3.45. The summed E-state index contributed by atoms with van der Waals surface area (Å²) < 4.78 is 54.5. The summed E-state index contributed by atoms with van der Waals surface area (Å²) in [6, 6.07) is 11.7. The van der Waals surface area contributed by atoms with Crippen molar-refractivity contribution in [1.29, 1.82) is 0 Å². The Morgan fingerprint density at radius 3 is 2.50 bits per heavy atom. The predicted molar refractivity (Wildman–Crippen MR) is 77.6 cm³/mol. The molecule has 24 heavy (non-hydrogen) atoms. The van der Waals surface area contributed by atoms with Gasteiger partial charge in [0.15, 0.2) is 11.5 Å². The highest BCUT2D eigenvalue weighted by atomic mass is 19.4. The molecule has 3 rings (SSSR count). The van der Waals surface area contributed by atoms with Gasteiger partial charge in [0.25, 0.3) is 0 Å². The van der Waals surface area contributed by atoms with E-state index in [2.05, 4.69) is 0 Å². The van der Waals surface area contributed by atoms with Crippen molar-refractivity contribution in [2.45, 2.75) is 18.9 Å². The monoisotopic (exact) mass is 338 g/mol. The summed E-state index contributed by atoms with van der Waals surface area (Å²) in [5, 5.41) is 0. The number of benzene rings is 2. The molecule has 1 aliphatic heterocycles. The number of rotatable bonds is 3. The van der Waals surface area contributed by atoms with Gasteiger partial charge < -0.3 is 14.2 Å². The van der Waals surface area contributed by atoms with Crippen molar-refractivity contribution in [3.8, 4) is 11.5 Å². The van der Waals surface area contributed by atoms with Crippen molar-refractivity contribution in [2.75, 3.05) is 6.61 Å². The Hall–Kier alpha value is -2.70. The van der Waals surface area contributed by atoms with Crippen LogP contribution >= 0.6 is 0 Å². The number of alkyl halides is 3. The van der Waals surface area contributed by atoms with Gasteiger partial charge in [-0.15, -0.1) is 0 Å². The number of para-hydroxylation sites is 2. The van der Waals surface area contributed by atoms with Gasteiger partial charge in [-0.05, 0) is 18.2 Å². The first-order chi connectivity index (χ1) is 11.4. The van der Waals surface area contributed by atoms with Gasteiger partial charge in [-0.2, -0.15) is 13.2 Å². The first-order valence-electron chi connectivity index (χ1n) is 7.15. The van der Waals surface area contributed by atoms with E-state index in [0.29, 0.717) is 11.5 Å². The molecule has 0 N–H and O–H groups in total. The number of hydrogen-bond donors (Lipinski definition) is 0. The molecule has 0 amide bonds. The highest BCUT2D eigenvalue weighted by Gasteiger charge is 2.34. The van der Waals surface area contributed by atoms with E-state index in [1.54, 1.807) is 24.3 Å². The van der Waals surface area contributed by atoms with Gasteiger partial charge in [0, 0.05) is 5.56 Å². The molecule has 126 valence electrons. The summed E-state index contributed by atoms with van der Waals surface area (Å²) in [5.41, 5.74) is -0.945. The Morgan fingerprint density at radius 2 is 1.75 bits per heavy atom. The van der Waals surface area contributed by atoms with Crippen LogP contribution in [0.4, 0.5) is 13.2 Å². The molecule has 0 radical (unpaired) electrons. The molecule has 2 aromatic rings. The second-order valence-electron chi connectivity index (χ2n) is 5.13. The average molecular weight is 338 g/mol. The molecule has 1 heterocycles. The first-order valence-corrected chi connectivity index (χ1v) is 7.15. The lowest BCUT2D eigenvalue weighted by Gasteiger charge is -2.25. The van der Waals surface area contributed by atoms with E-state index in [4.69, 9.17) is 14.2 Å². The quantitative estimate of drug-likeness (QED) is 0.803. The minimum atomic E-state index is -4.51. The van der Waals surface area contributed by atoms with Crippen LogP contribution < -0.4 is 9.47 Å². The van der Waals surface area contributed by atoms with Crippen molar-refractivity contribution in [1.82, 2.24) is 0 Å². The van der Waals surface area contributed by atoms with Crippen LogP contribution in [0.2, 0.25) is 0 Å². The lowest BCUT2D eigenvalue weighted by molar-refractivity contribution is -0.157. The van der Waals surface area contributed by atoms with Crippen LogP contribution in [0, 0.1) is 0 Å².